The van der Waals surface area contributed by atoms with E-state index < -0.39 is 6.10 Å². The first-order valence-electron chi connectivity index (χ1n) is 7.66. The van der Waals surface area contributed by atoms with Crippen molar-refractivity contribution >= 4 is 5.91 Å². The van der Waals surface area contributed by atoms with E-state index in [-0.39, 0.29) is 11.5 Å². The van der Waals surface area contributed by atoms with E-state index in [1.54, 1.807) is 15.8 Å². The van der Waals surface area contributed by atoms with Crippen molar-refractivity contribution in [1.29, 1.82) is 0 Å². The Hall–Kier alpha value is -1.40. The van der Waals surface area contributed by atoms with Crippen molar-refractivity contribution in [3.05, 3.63) is 18.0 Å². The van der Waals surface area contributed by atoms with Crippen LogP contribution in [-0.2, 0) is 23.0 Å². The summed E-state index contributed by atoms with van der Waals surface area (Å²) >= 11 is 0. The average molecular weight is 293 g/mol. The molecule has 3 rings (SSSR count). The minimum Gasteiger partial charge on any atom is -0.388 e. The summed E-state index contributed by atoms with van der Waals surface area (Å²) in [6, 6.07) is 0. The third kappa shape index (κ3) is 2.96. The SMILES string of the molecule is Cn1cc(CCC(=O)N2CC[C@@]3(CCCO3)[C@@H](O)C2)cn1. The van der Waals surface area contributed by atoms with Crippen LogP contribution in [0.15, 0.2) is 12.4 Å². The molecule has 1 amide bonds. The summed E-state index contributed by atoms with van der Waals surface area (Å²) in [5.74, 6) is 0.103. The van der Waals surface area contributed by atoms with Gasteiger partial charge in [-0.1, -0.05) is 0 Å². The van der Waals surface area contributed by atoms with E-state index in [0.29, 0.717) is 25.9 Å². The fourth-order valence-corrected chi connectivity index (χ4v) is 3.37. The van der Waals surface area contributed by atoms with Gasteiger partial charge in [0.25, 0.3) is 0 Å². The van der Waals surface area contributed by atoms with E-state index in [4.69, 9.17) is 4.74 Å². The van der Waals surface area contributed by atoms with Crippen LogP contribution in [0.2, 0.25) is 0 Å². The van der Waals surface area contributed by atoms with Crippen LogP contribution in [-0.4, -0.2) is 57.1 Å². The highest BCUT2D eigenvalue weighted by molar-refractivity contribution is 5.76. The van der Waals surface area contributed by atoms with Crippen molar-refractivity contribution in [3.8, 4) is 0 Å². The number of hydrogen-bond donors (Lipinski definition) is 1. The fraction of sp³-hybridized carbons (Fsp3) is 0.733. The smallest absolute Gasteiger partial charge is 0.222 e. The second-order valence-corrected chi connectivity index (χ2v) is 6.14. The molecule has 21 heavy (non-hydrogen) atoms. The first-order valence-corrected chi connectivity index (χ1v) is 7.66. The molecule has 2 saturated heterocycles. The normalized spacial score (nSPS) is 29.2. The minimum absolute atomic E-state index is 0.103. The molecule has 116 valence electrons. The molecule has 1 aromatic heterocycles. The lowest BCUT2D eigenvalue weighted by atomic mass is 9.86. The Kier molecular flexibility index (Phi) is 3.99. The Balaban J connectivity index is 1.52. The third-order valence-corrected chi connectivity index (χ3v) is 4.68. The van der Waals surface area contributed by atoms with E-state index in [1.807, 2.05) is 13.2 Å². The summed E-state index contributed by atoms with van der Waals surface area (Å²) in [5, 5.41) is 14.4. The summed E-state index contributed by atoms with van der Waals surface area (Å²) in [5.41, 5.74) is 0.680. The number of aliphatic hydroxyl groups is 1. The third-order valence-electron chi connectivity index (χ3n) is 4.68. The Morgan fingerprint density at radius 1 is 1.57 bits per heavy atom. The van der Waals surface area contributed by atoms with Gasteiger partial charge in [-0.25, -0.2) is 0 Å². The predicted octanol–water partition coefficient (Wildman–Crippen LogP) is 0.495. The fourth-order valence-electron chi connectivity index (χ4n) is 3.37. The van der Waals surface area contributed by atoms with Crippen molar-refractivity contribution < 1.29 is 14.6 Å². The second-order valence-electron chi connectivity index (χ2n) is 6.14. The van der Waals surface area contributed by atoms with Gasteiger partial charge in [-0.05, 0) is 31.2 Å². The molecule has 3 heterocycles. The molecule has 6 nitrogen and oxygen atoms in total. The molecule has 0 aromatic carbocycles. The Labute approximate surface area is 124 Å². The number of likely N-dealkylation sites (tertiary alicyclic amines) is 1. The minimum atomic E-state index is -0.559. The Bertz CT molecular complexity index is 508. The van der Waals surface area contributed by atoms with Crippen molar-refractivity contribution in [2.75, 3.05) is 19.7 Å². The lowest BCUT2D eigenvalue weighted by molar-refractivity contribution is -0.152. The van der Waals surface area contributed by atoms with Crippen LogP contribution < -0.4 is 0 Å². The van der Waals surface area contributed by atoms with Gasteiger partial charge in [0.1, 0.15) is 6.10 Å². The lowest BCUT2D eigenvalue weighted by Gasteiger charge is -2.42. The number of aryl methyl sites for hydroxylation is 2. The van der Waals surface area contributed by atoms with Crippen LogP contribution in [0, 0.1) is 0 Å². The van der Waals surface area contributed by atoms with Gasteiger partial charge in [-0.2, -0.15) is 5.10 Å². The number of carbonyl (C=O) groups is 1. The average Bonchev–Trinajstić information content (AvgIpc) is 3.09. The number of carbonyl (C=O) groups excluding carboxylic acids is 1. The zero-order valence-electron chi connectivity index (χ0n) is 12.5. The molecule has 1 spiro atoms. The zero-order chi connectivity index (χ0) is 14.9. The van der Waals surface area contributed by atoms with Gasteiger partial charge < -0.3 is 14.7 Å². The topological polar surface area (TPSA) is 67.6 Å². The van der Waals surface area contributed by atoms with Gasteiger partial charge in [0.05, 0.1) is 11.8 Å². The van der Waals surface area contributed by atoms with Gasteiger partial charge >= 0.3 is 0 Å². The molecule has 0 saturated carbocycles. The zero-order valence-corrected chi connectivity index (χ0v) is 12.5. The molecule has 0 aliphatic carbocycles. The molecular formula is C15H23N3O3. The van der Waals surface area contributed by atoms with Crippen LogP contribution in [0.4, 0.5) is 0 Å². The van der Waals surface area contributed by atoms with Crippen molar-refractivity contribution in [2.45, 2.75) is 43.8 Å². The molecule has 1 aromatic rings. The first-order chi connectivity index (χ1) is 10.1. The highest BCUT2D eigenvalue weighted by Crippen LogP contribution is 2.36. The molecule has 6 heteroatoms. The van der Waals surface area contributed by atoms with Crippen LogP contribution in [0.3, 0.4) is 0 Å². The van der Waals surface area contributed by atoms with Crippen LogP contribution in [0.25, 0.3) is 0 Å². The van der Waals surface area contributed by atoms with Crippen molar-refractivity contribution in [2.24, 2.45) is 7.05 Å². The first kappa shape index (κ1) is 14.5. The predicted molar refractivity (Wildman–Crippen MR) is 76.6 cm³/mol. The summed E-state index contributed by atoms with van der Waals surface area (Å²) in [6.07, 6.45) is 6.98. The number of nitrogens with zero attached hydrogens (tertiary/aromatic N) is 3. The molecule has 0 bridgehead atoms. The highest BCUT2D eigenvalue weighted by atomic mass is 16.5. The van der Waals surface area contributed by atoms with Crippen LogP contribution >= 0.6 is 0 Å². The number of β-amino-alcohol motifs (C(OH)–C–C–N with tert-alkyl or cyclic N) is 1. The molecule has 2 aliphatic heterocycles. The molecular weight excluding hydrogens is 270 g/mol. The van der Waals surface area contributed by atoms with Gasteiger partial charge in [0, 0.05) is 39.4 Å². The number of hydrogen-bond acceptors (Lipinski definition) is 4. The van der Waals surface area contributed by atoms with E-state index in [1.165, 1.54) is 0 Å². The molecule has 0 radical (unpaired) electrons. The number of rotatable bonds is 3. The van der Waals surface area contributed by atoms with E-state index in [2.05, 4.69) is 5.10 Å². The molecule has 1 N–H and O–H groups in total. The van der Waals surface area contributed by atoms with E-state index >= 15 is 0 Å². The van der Waals surface area contributed by atoms with Crippen molar-refractivity contribution in [3.63, 3.8) is 0 Å². The summed E-state index contributed by atoms with van der Waals surface area (Å²) < 4.78 is 7.50. The molecule has 0 unspecified atom stereocenters. The molecule has 2 atom stereocenters. The number of aromatic nitrogens is 2. The molecule has 2 fully saturated rings. The largest absolute Gasteiger partial charge is 0.388 e. The van der Waals surface area contributed by atoms with Gasteiger partial charge in [0.15, 0.2) is 0 Å². The van der Waals surface area contributed by atoms with Crippen LogP contribution in [0.5, 0.6) is 0 Å². The number of amides is 1. The van der Waals surface area contributed by atoms with Gasteiger partial charge in [-0.3, -0.25) is 9.48 Å². The van der Waals surface area contributed by atoms with Crippen molar-refractivity contribution in [1.82, 2.24) is 14.7 Å². The molecule has 2 aliphatic rings. The maximum Gasteiger partial charge on any atom is 0.222 e. The van der Waals surface area contributed by atoms with E-state index in [9.17, 15) is 9.90 Å². The Morgan fingerprint density at radius 3 is 3.05 bits per heavy atom. The lowest BCUT2D eigenvalue weighted by Crippen LogP contribution is -2.56. The van der Waals surface area contributed by atoms with Crippen LogP contribution in [0.1, 0.15) is 31.2 Å². The summed E-state index contributed by atoms with van der Waals surface area (Å²) in [6.45, 7) is 1.81. The number of piperidine rings is 1. The maximum absolute atomic E-state index is 12.3. The standard InChI is InChI=1S/C15H23N3O3/c1-17-10-12(9-16-17)3-4-14(20)18-7-6-15(13(19)11-18)5-2-8-21-15/h9-10,13,19H,2-8,11H2,1H3/t13-,15-/m0/s1. The number of ether oxygens (including phenoxy) is 1. The van der Waals surface area contributed by atoms with Gasteiger partial charge in [0.2, 0.25) is 5.91 Å². The maximum atomic E-state index is 12.3. The summed E-state index contributed by atoms with van der Waals surface area (Å²) in [4.78, 5) is 14.0. The summed E-state index contributed by atoms with van der Waals surface area (Å²) in [7, 11) is 1.87. The monoisotopic (exact) mass is 293 g/mol. The Morgan fingerprint density at radius 2 is 2.43 bits per heavy atom. The van der Waals surface area contributed by atoms with E-state index in [0.717, 1.165) is 31.4 Å². The number of aliphatic hydroxyl groups excluding tert-OH is 1. The second kappa shape index (κ2) is 5.77. The van der Waals surface area contributed by atoms with Gasteiger partial charge in [-0.15, -0.1) is 0 Å². The highest BCUT2D eigenvalue weighted by Gasteiger charge is 2.46. The quantitative estimate of drug-likeness (QED) is 0.881.